The van der Waals surface area contributed by atoms with Crippen molar-refractivity contribution in [2.24, 2.45) is 0 Å². The smallest absolute Gasteiger partial charge is 0.256 e. The van der Waals surface area contributed by atoms with E-state index in [-0.39, 0.29) is 11.5 Å². The summed E-state index contributed by atoms with van der Waals surface area (Å²) in [5.74, 6) is -0.325. The van der Waals surface area contributed by atoms with Crippen molar-refractivity contribution in [2.75, 3.05) is 18.5 Å². The number of pyridine rings is 1. The van der Waals surface area contributed by atoms with E-state index in [1.54, 1.807) is 12.3 Å². The molecule has 1 aliphatic rings. The molecular formula is C18H18N4O3. The fraction of sp³-hybridized carbons (Fsp3) is 0.278. The number of fused-ring (bicyclic) bond motifs is 1. The number of hydrogen-bond acceptors (Lipinski definition) is 4. The second-order valence-electron chi connectivity index (χ2n) is 6.10. The SMILES string of the molecule is O=C(Nc1cnn(C2CCOCC2)c1)c1cc(=O)[nH]c2ccccc12. The average Bonchev–Trinajstić information content (AvgIpc) is 3.10. The van der Waals surface area contributed by atoms with Gasteiger partial charge >= 0.3 is 0 Å². The molecule has 7 nitrogen and oxygen atoms in total. The Morgan fingerprint density at radius 3 is 2.92 bits per heavy atom. The zero-order chi connectivity index (χ0) is 17.2. The maximum atomic E-state index is 12.6. The Balaban J connectivity index is 1.58. The Kier molecular flexibility index (Phi) is 4.07. The van der Waals surface area contributed by atoms with Crippen molar-refractivity contribution in [1.82, 2.24) is 14.8 Å². The van der Waals surface area contributed by atoms with Crippen LogP contribution in [0.1, 0.15) is 29.2 Å². The first kappa shape index (κ1) is 15.6. The monoisotopic (exact) mass is 338 g/mol. The molecule has 3 aromatic rings. The van der Waals surface area contributed by atoms with Gasteiger partial charge in [0.25, 0.3) is 5.91 Å². The fourth-order valence-corrected chi connectivity index (χ4v) is 3.14. The van der Waals surface area contributed by atoms with Gasteiger partial charge in [-0.05, 0) is 18.9 Å². The van der Waals surface area contributed by atoms with Gasteiger partial charge in [-0.3, -0.25) is 14.3 Å². The first-order chi connectivity index (χ1) is 12.2. The number of para-hydroxylation sites is 1. The highest BCUT2D eigenvalue weighted by atomic mass is 16.5. The standard InChI is InChI=1S/C18H18N4O3/c23-17-9-15(14-3-1-2-4-16(14)21-17)18(24)20-12-10-19-22(11-12)13-5-7-25-8-6-13/h1-4,9-11,13H,5-8H2,(H,20,24)(H,21,23). The average molecular weight is 338 g/mol. The van der Waals surface area contributed by atoms with Gasteiger partial charge in [-0.15, -0.1) is 0 Å². The largest absolute Gasteiger partial charge is 0.381 e. The van der Waals surface area contributed by atoms with E-state index in [0.29, 0.717) is 28.2 Å². The zero-order valence-corrected chi connectivity index (χ0v) is 13.6. The van der Waals surface area contributed by atoms with Gasteiger partial charge in [-0.1, -0.05) is 18.2 Å². The number of nitrogens with one attached hydrogen (secondary N) is 2. The predicted molar refractivity (Wildman–Crippen MR) is 93.8 cm³/mol. The minimum Gasteiger partial charge on any atom is -0.381 e. The Labute approximate surface area is 143 Å². The second-order valence-corrected chi connectivity index (χ2v) is 6.10. The van der Waals surface area contributed by atoms with Crippen molar-refractivity contribution >= 4 is 22.5 Å². The van der Waals surface area contributed by atoms with Crippen LogP contribution in [0.3, 0.4) is 0 Å². The van der Waals surface area contributed by atoms with Crippen LogP contribution < -0.4 is 10.9 Å². The lowest BCUT2D eigenvalue weighted by atomic mass is 10.1. The van der Waals surface area contributed by atoms with E-state index in [4.69, 9.17) is 4.74 Å². The van der Waals surface area contributed by atoms with Crippen LogP contribution in [0.4, 0.5) is 5.69 Å². The van der Waals surface area contributed by atoms with Crippen molar-refractivity contribution in [2.45, 2.75) is 18.9 Å². The van der Waals surface area contributed by atoms with Gasteiger partial charge in [0.15, 0.2) is 0 Å². The normalized spacial score (nSPS) is 15.4. The molecule has 0 saturated carbocycles. The number of hydrogen-bond donors (Lipinski definition) is 2. The lowest BCUT2D eigenvalue weighted by Crippen LogP contribution is -2.20. The van der Waals surface area contributed by atoms with Gasteiger partial charge in [0.2, 0.25) is 5.56 Å². The summed E-state index contributed by atoms with van der Waals surface area (Å²) in [6.45, 7) is 1.45. The van der Waals surface area contributed by atoms with Crippen LogP contribution in [0.15, 0.2) is 47.5 Å². The molecule has 0 unspecified atom stereocenters. The fourth-order valence-electron chi connectivity index (χ4n) is 3.14. The molecule has 1 fully saturated rings. The Morgan fingerprint density at radius 2 is 2.08 bits per heavy atom. The number of rotatable bonds is 3. The number of benzene rings is 1. The summed E-state index contributed by atoms with van der Waals surface area (Å²) in [5, 5.41) is 7.88. The maximum Gasteiger partial charge on any atom is 0.256 e. The zero-order valence-electron chi connectivity index (χ0n) is 13.6. The number of anilines is 1. The van der Waals surface area contributed by atoms with Crippen molar-refractivity contribution in [1.29, 1.82) is 0 Å². The van der Waals surface area contributed by atoms with Gasteiger partial charge in [0.05, 0.1) is 23.5 Å². The van der Waals surface area contributed by atoms with E-state index in [2.05, 4.69) is 15.4 Å². The molecule has 128 valence electrons. The molecule has 1 aromatic carbocycles. The van der Waals surface area contributed by atoms with Crippen LogP contribution in [-0.2, 0) is 4.74 Å². The first-order valence-electron chi connectivity index (χ1n) is 8.26. The van der Waals surface area contributed by atoms with Crippen molar-refractivity contribution in [3.63, 3.8) is 0 Å². The highest BCUT2D eigenvalue weighted by Gasteiger charge is 2.18. The van der Waals surface area contributed by atoms with Crippen molar-refractivity contribution < 1.29 is 9.53 Å². The minimum absolute atomic E-state index is 0.291. The number of amides is 1. The van der Waals surface area contributed by atoms with Crippen molar-refractivity contribution in [3.8, 4) is 0 Å². The molecule has 3 heterocycles. The van der Waals surface area contributed by atoms with Crippen molar-refractivity contribution in [3.05, 3.63) is 58.6 Å². The number of carbonyl (C=O) groups excluding carboxylic acids is 1. The molecule has 0 bridgehead atoms. The molecular weight excluding hydrogens is 320 g/mol. The molecule has 0 spiro atoms. The van der Waals surface area contributed by atoms with E-state index >= 15 is 0 Å². The Morgan fingerprint density at radius 1 is 1.28 bits per heavy atom. The third kappa shape index (κ3) is 3.18. The lowest BCUT2D eigenvalue weighted by molar-refractivity contribution is 0.0662. The topological polar surface area (TPSA) is 89.0 Å². The highest BCUT2D eigenvalue weighted by molar-refractivity contribution is 6.12. The molecule has 1 saturated heterocycles. The van der Waals surface area contributed by atoms with Gasteiger partial charge in [-0.25, -0.2) is 0 Å². The molecule has 2 N–H and O–H groups in total. The second kappa shape index (κ2) is 6.52. The summed E-state index contributed by atoms with van der Waals surface area (Å²) in [7, 11) is 0. The number of ether oxygens (including phenoxy) is 1. The lowest BCUT2D eigenvalue weighted by Gasteiger charge is -2.22. The number of H-pyrrole nitrogens is 1. The van der Waals surface area contributed by atoms with E-state index in [1.165, 1.54) is 6.07 Å². The van der Waals surface area contributed by atoms with E-state index in [1.807, 2.05) is 29.1 Å². The molecule has 0 radical (unpaired) electrons. The van der Waals surface area contributed by atoms with E-state index < -0.39 is 0 Å². The first-order valence-corrected chi connectivity index (χ1v) is 8.26. The van der Waals surface area contributed by atoms with Gasteiger partial charge < -0.3 is 15.0 Å². The third-order valence-corrected chi connectivity index (χ3v) is 4.42. The van der Waals surface area contributed by atoms with Crippen LogP contribution in [-0.4, -0.2) is 33.9 Å². The summed E-state index contributed by atoms with van der Waals surface area (Å²) in [4.78, 5) is 27.2. The van der Waals surface area contributed by atoms with Crippen LogP contribution in [0.25, 0.3) is 10.9 Å². The van der Waals surface area contributed by atoms with E-state index in [9.17, 15) is 9.59 Å². The predicted octanol–water partition coefficient (Wildman–Crippen LogP) is 2.33. The molecule has 2 aromatic heterocycles. The summed E-state index contributed by atoms with van der Waals surface area (Å²) in [5.41, 5.74) is 1.29. The molecule has 0 atom stereocenters. The Hall–Kier alpha value is -2.93. The van der Waals surface area contributed by atoms with E-state index in [0.717, 1.165) is 26.1 Å². The minimum atomic E-state index is -0.325. The quantitative estimate of drug-likeness (QED) is 0.767. The van der Waals surface area contributed by atoms with Crippen LogP contribution in [0.5, 0.6) is 0 Å². The molecule has 25 heavy (non-hydrogen) atoms. The highest BCUT2D eigenvalue weighted by Crippen LogP contribution is 2.22. The molecule has 4 rings (SSSR count). The van der Waals surface area contributed by atoms with Gasteiger partial charge in [0, 0.05) is 36.4 Å². The van der Waals surface area contributed by atoms with Crippen LogP contribution in [0, 0.1) is 0 Å². The van der Waals surface area contributed by atoms with Crippen LogP contribution >= 0.6 is 0 Å². The molecule has 7 heteroatoms. The molecule has 1 amide bonds. The molecule has 0 aliphatic carbocycles. The number of aromatic nitrogens is 3. The number of carbonyl (C=O) groups is 1. The summed E-state index contributed by atoms with van der Waals surface area (Å²) in [6.07, 6.45) is 5.27. The summed E-state index contributed by atoms with van der Waals surface area (Å²) in [6, 6.07) is 8.85. The molecule has 1 aliphatic heterocycles. The number of aromatic amines is 1. The number of nitrogens with zero attached hydrogens (tertiary/aromatic N) is 2. The third-order valence-electron chi connectivity index (χ3n) is 4.42. The Bertz CT molecular complexity index is 970. The summed E-state index contributed by atoms with van der Waals surface area (Å²) >= 11 is 0. The maximum absolute atomic E-state index is 12.6. The van der Waals surface area contributed by atoms with Gasteiger partial charge in [0.1, 0.15) is 0 Å². The van der Waals surface area contributed by atoms with Gasteiger partial charge in [-0.2, -0.15) is 5.10 Å². The summed E-state index contributed by atoms with van der Waals surface area (Å²) < 4.78 is 7.23. The van der Waals surface area contributed by atoms with Crippen LogP contribution in [0.2, 0.25) is 0 Å².